The molecule has 2 aliphatic rings. The molecule has 0 radical (unpaired) electrons. The van der Waals surface area contributed by atoms with Crippen molar-refractivity contribution in [1.82, 2.24) is 0 Å². The molecule has 2 fully saturated rings. The van der Waals surface area contributed by atoms with Gasteiger partial charge in [0, 0.05) is 3.57 Å². The van der Waals surface area contributed by atoms with Gasteiger partial charge in [-0.1, -0.05) is 0 Å². The van der Waals surface area contributed by atoms with Crippen molar-refractivity contribution in [2.45, 2.75) is 6.42 Å². The molecule has 15 heavy (non-hydrogen) atoms. The van der Waals surface area contributed by atoms with Gasteiger partial charge in [-0.3, -0.25) is 14.5 Å². The van der Waals surface area contributed by atoms with E-state index in [9.17, 15) is 9.59 Å². The van der Waals surface area contributed by atoms with E-state index in [1.807, 2.05) is 24.3 Å². The van der Waals surface area contributed by atoms with Gasteiger partial charge in [-0.25, -0.2) is 0 Å². The first-order chi connectivity index (χ1) is 7.18. The number of carbonyl (C=O) groups is 2. The maximum absolute atomic E-state index is 11.7. The highest BCUT2D eigenvalue weighted by Crippen LogP contribution is 2.48. The molecule has 1 saturated heterocycles. The molecule has 2 atom stereocenters. The number of benzene rings is 1. The monoisotopic (exact) mass is 313 g/mol. The number of piperidine rings is 1. The van der Waals surface area contributed by atoms with Crippen molar-refractivity contribution >= 4 is 40.1 Å². The highest BCUT2D eigenvalue weighted by molar-refractivity contribution is 14.1. The van der Waals surface area contributed by atoms with Crippen LogP contribution in [0.3, 0.4) is 0 Å². The largest absolute Gasteiger partial charge is 0.274 e. The second-order valence-corrected chi connectivity index (χ2v) is 5.18. The first kappa shape index (κ1) is 9.33. The molecule has 3 rings (SSSR count). The molecule has 4 heteroatoms. The maximum Gasteiger partial charge on any atom is 0.237 e. The van der Waals surface area contributed by atoms with Crippen LogP contribution in [0.15, 0.2) is 24.3 Å². The number of fused-ring (bicyclic) bond motifs is 1. The molecule has 1 aliphatic carbocycles. The van der Waals surface area contributed by atoms with Gasteiger partial charge in [0.2, 0.25) is 11.8 Å². The van der Waals surface area contributed by atoms with Gasteiger partial charge in [0.1, 0.15) is 0 Å². The minimum Gasteiger partial charge on any atom is -0.274 e. The third-order valence-corrected chi connectivity index (χ3v) is 3.67. The summed E-state index contributed by atoms with van der Waals surface area (Å²) in [5.74, 6) is -0.0778. The van der Waals surface area contributed by atoms with Crippen LogP contribution in [0.2, 0.25) is 0 Å². The summed E-state index contributed by atoms with van der Waals surface area (Å²) in [6.45, 7) is 0. The third-order valence-electron chi connectivity index (χ3n) is 2.95. The van der Waals surface area contributed by atoms with Crippen molar-refractivity contribution in [1.29, 1.82) is 0 Å². The Labute approximate surface area is 101 Å². The lowest BCUT2D eigenvalue weighted by Gasteiger charge is -2.16. The summed E-state index contributed by atoms with van der Waals surface area (Å²) >= 11 is 2.19. The summed E-state index contributed by atoms with van der Waals surface area (Å²) in [7, 11) is 0. The molecule has 0 N–H and O–H groups in total. The minimum atomic E-state index is -0.0220. The first-order valence-electron chi connectivity index (χ1n) is 4.82. The molecule has 1 aromatic carbocycles. The van der Waals surface area contributed by atoms with Gasteiger partial charge in [-0.05, 0) is 53.3 Å². The molecule has 1 saturated carbocycles. The number of hydrogen-bond donors (Lipinski definition) is 0. The number of rotatable bonds is 1. The maximum atomic E-state index is 11.7. The van der Waals surface area contributed by atoms with Gasteiger partial charge in [0.05, 0.1) is 17.5 Å². The van der Waals surface area contributed by atoms with Gasteiger partial charge < -0.3 is 0 Å². The average molecular weight is 313 g/mol. The fourth-order valence-electron chi connectivity index (χ4n) is 2.03. The number of carbonyl (C=O) groups excluding carboxylic acids is 2. The molecule has 1 aromatic rings. The Morgan fingerprint density at radius 2 is 1.60 bits per heavy atom. The van der Waals surface area contributed by atoms with E-state index in [1.54, 1.807) is 0 Å². The van der Waals surface area contributed by atoms with Gasteiger partial charge >= 0.3 is 0 Å². The molecule has 76 valence electrons. The summed E-state index contributed by atoms with van der Waals surface area (Å²) in [6, 6.07) is 7.45. The van der Waals surface area contributed by atoms with Crippen LogP contribution in [0.1, 0.15) is 6.42 Å². The van der Waals surface area contributed by atoms with Crippen LogP contribution in [0.5, 0.6) is 0 Å². The fourth-order valence-corrected chi connectivity index (χ4v) is 2.39. The lowest BCUT2D eigenvalue weighted by atomic mass is 10.3. The highest BCUT2D eigenvalue weighted by atomic mass is 127. The molecular weight excluding hydrogens is 305 g/mol. The van der Waals surface area contributed by atoms with E-state index in [1.165, 1.54) is 4.90 Å². The zero-order valence-electron chi connectivity index (χ0n) is 7.81. The second-order valence-electron chi connectivity index (χ2n) is 3.94. The van der Waals surface area contributed by atoms with Crippen LogP contribution in [0, 0.1) is 15.4 Å². The van der Waals surface area contributed by atoms with Crippen molar-refractivity contribution in [2.75, 3.05) is 4.90 Å². The number of anilines is 1. The number of nitrogens with zero attached hydrogens (tertiary/aromatic N) is 1. The number of imide groups is 1. The van der Waals surface area contributed by atoms with Gasteiger partial charge in [-0.2, -0.15) is 0 Å². The molecule has 1 heterocycles. The number of hydrogen-bond acceptors (Lipinski definition) is 2. The summed E-state index contributed by atoms with van der Waals surface area (Å²) in [6.07, 6.45) is 0.762. The standard InChI is InChI=1S/C11H8INO2/c12-6-1-3-7(4-2-6)13-10(14)8-5-9(8)11(13)15/h1-4,8-9H,5H2. The zero-order valence-corrected chi connectivity index (χ0v) is 9.97. The van der Waals surface area contributed by atoms with E-state index in [-0.39, 0.29) is 23.7 Å². The molecule has 0 aromatic heterocycles. The fraction of sp³-hybridized carbons (Fsp3) is 0.273. The predicted molar refractivity (Wildman–Crippen MR) is 63.2 cm³/mol. The molecule has 1 aliphatic heterocycles. The Morgan fingerprint density at radius 3 is 2.13 bits per heavy atom. The molecule has 2 unspecified atom stereocenters. The molecule has 0 spiro atoms. The van der Waals surface area contributed by atoms with Crippen LogP contribution in [0.4, 0.5) is 5.69 Å². The Bertz CT molecular complexity index is 434. The number of halogens is 1. The molecular formula is C11H8INO2. The summed E-state index contributed by atoms with van der Waals surface area (Å²) in [4.78, 5) is 24.8. The van der Waals surface area contributed by atoms with Crippen LogP contribution < -0.4 is 4.90 Å². The van der Waals surface area contributed by atoms with Crippen molar-refractivity contribution < 1.29 is 9.59 Å². The van der Waals surface area contributed by atoms with Crippen LogP contribution in [-0.2, 0) is 9.59 Å². The van der Waals surface area contributed by atoms with E-state index >= 15 is 0 Å². The number of amides is 2. The summed E-state index contributed by atoms with van der Waals surface area (Å²) in [5.41, 5.74) is 0.706. The Balaban J connectivity index is 1.98. The van der Waals surface area contributed by atoms with E-state index in [0.29, 0.717) is 5.69 Å². The van der Waals surface area contributed by atoms with Gasteiger partial charge in [0.25, 0.3) is 0 Å². The molecule has 2 amide bonds. The van der Waals surface area contributed by atoms with Crippen molar-refractivity contribution in [3.05, 3.63) is 27.8 Å². The van der Waals surface area contributed by atoms with Crippen LogP contribution in [0.25, 0.3) is 0 Å². The minimum absolute atomic E-state index is 0.0169. The Hall–Kier alpha value is -0.910. The Morgan fingerprint density at radius 1 is 1.07 bits per heavy atom. The average Bonchev–Trinajstić information content (AvgIpc) is 2.96. The summed E-state index contributed by atoms with van der Waals surface area (Å²) < 4.78 is 1.10. The quantitative estimate of drug-likeness (QED) is 0.586. The lowest BCUT2D eigenvalue weighted by Crippen LogP contribution is -2.32. The van der Waals surface area contributed by atoms with Crippen LogP contribution >= 0.6 is 22.6 Å². The Kier molecular flexibility index (Phi) is 1.89. The predicted octanol–water partition coefficient (Wildman–Crippen LogP) is 1.80. The summed E-state index contributed by atoms with van der Waals surface area (Å²) in [5, 5.41) is 0. The third kappa shape index (κ3) is 1.31. The van der Waals surface area contributed by atoms with Crippen molar-refractivity contribution in [3.63, 3.8) is 0 Å². The normalized spacial score (nSPS) is 28.2. The van der Waals surface area contributed by atoms with Crippen LogP contribution in [-0.4, -0.2) is 11.8 Å². The molecule has 0 bridgehead atoms. The van der Waals surface area contributed by atoms with Crippen molar-refractivity contribution in [3.8, 4) is 0 Å². The second kappa shape index (κ2) is 3.04. The van der Waals surface area contributed by atoms with E-state index in [2.05, 4.69) is 22.6 Å². The first-order valence-corrected chi connectivity index (χ1v) is 5.90. The zero-order chi connectivity index (χ0) is 10.6. The van der Waals surface area contributed by atoms with E-state index < -0.39 is 0 Å². The lowest BCUT2D eigenvalue weighted by molar-refractivity contribution is -0.123. The van der Waals surface area contributed by atoms with Crippen molar-refractivity contribution in [2.24, 2.45) is 11.8 Å². The van der Waals surface area contributed by atoms with Gasteiger partial charge in [-0.15, -0.1) is 0 Å². The topological polar surface area (TPSA) is 37.4 Å². The van der Waals surface area contributed by atoms with E-state index in [0.717, 1.165) is 9.99 Å². The van der Waals surface area contributed by atoms with E-state index in [4.69, 9.17) is 0 Å². The smallest absolute Gasteiger partial charge is 0.237 e. The van der Waals surface area contributed by atoms with Gasteiger partial charge in [0.15, 0.2) is 0 Å². The SMILES string of the molecule is O=C1C2CC2C(=O)N1c1ccc(I)cc1. The highest BCUT2D eigenvalue weighted by Gasteiger charge is 2.59. The molecule has 3 nitrogen and oxygen atoms in total.